The summed E-state index contributed by atoms with van der Waals surface area (Å²) in [6.45, 7) is 4.83. The third-order valence-corrected chi connectivity index (χ3v) is 3.68. The normalized spacial score (nSPS) is 13.0. The first-order chi connectivity index (χ1) is 9.93. The van der Waals surface area contributed by atoms with Crippen LogP contribution in [0.15, 0.2) is 30.2 Å². The predicted molar refractivity (Wildman–Crippen MR) is 79.9 cm³/mol. The summed E-state index contributed by atoms with van der Waals surface area (Å²) in [6, 6.07) is 2.18. The fourth-order valence-corrected chi connectivity index (χ4v) is 2.56. The summed E-state index contributed by atoms with van der Waals surface area (Å²) in [5.74, 6) is -1.80. The van der Waals surface area contributed by atoms with Gasteiger partial charge in [0.2, 0.25) is 11.8 Å². The molecule has 2 atom stereocenters. The molecule has 1 aromatic rings. The van der Waals surface area contributed by atoms with E-state index in [1.807, 2.05) is 17.5 Å². The molecule has 114 valence electrons. The van der Waals surface area contributed by atoms with Crippen molar-refractivity contribution in [2.75, 3.05) is 0 Å². The monoisotopic (exact) mass is 310 g/mol. The number of carbonyl (C=O) groups excluding carboxylic acids is 2. The van der Waals surface area contributed by atoms with Gasteiger partial charge in [0.1, 0.15) is 6.04 Å². The van der Waals surface area contributed by atoms with Gasteiger partial charge in [0.15, 0.2) is 0 Å². The van der Waals surface area contributed by atoms with E-state index < -0.39 is 24.0 Å². The molecule has 0 aromatic carbocycles. The van der Waals surface area contributed by atoms with Crippen LogP contribution in [0.25, 0.3) is 0 Å². The molecule has 0 aliphatic heterocycles. The molecule has 1 rings (SSSR count). The van der Waals surface area contributed by atoms with Crippen LogP contribution >= 0.6 is 11.3 Å². The summed E-state index contributed by atoms with van der Waals surface area (Å²) in [5, 5.41) is 16.0. The molecule has 0 aliphatic rings. The highest BCUT2D eigenvalue weighted by atomic mass is 32.1. The maximum Gasteiger partial charge on any atom is 0.326 e. The zero-order valence-corrected chi connectivity index (χ0v) is 12.5. The average Bonchev–Trinajstić information content (AvgIpc) is 2.90. The lowest BCUT2D eigenvalue weighted by Gasteiger charge is -2.18. The maximum absolute atomic E-state index is 12.0. The summed E-state index contributed by atoms with van der Waals surface area (Å²) < 4.78 is 0. The topological polar surface area (TPSA) is 95.5 Å². The molecule has 0 aliphatic carbocycles. The van der Waals surface area contributed by atoms with Gasteiger partial charge in [0.05, 0.1) is 12.5 Å². The van der Waals surface area contributed by atoms with Crippen molar-refractivity contribution >= 4 is 29.1 Å². The second kappa shape index (κ2) is 8.21. The Balaban J connectivity index is 2.69. The molecule has 0 saturated carbocycles. The second-order valence-electron chi connectivity index (χ2n) is 4.46. The summed E-state index contributed by atoms with van der Waals surface area (Å²) in [6.07, 6.45) is 1.57. The van der Waals surface area contributed by atoms with Crippen molar-refractivity contribution in [2.45, 2.75) is 31.8 Å². The third kappa shape index (κ3) is 5.78. The Bertz CT molecular complexity index is 513. The Morgan fingerprint density at radius 3 is 2.62 bits per heavy atom. The number of rotatable bonds is 8. The Labute approximate surface area is 126 Å². The minimum Gasteiger partial charge on any atom is -0.480 e. The Morgan fingerprint density at radius 2 is 2.14 bits per heavy atom. The van der Waals surface area contributed by atoms with Gasteiger partial charge in [-0.1, -0.05) is 12.1 Å². The Kier molecular flexibility index (Phi) is 6.61. The molecule has 0 radical (unpaired) electrons. The maximum atomic E-state index is 12.0. The van der Waals surface area contributed by atoms with E-state index in [4.69, 9.17) is 5.11 Å². The highest BCUT2D eigenvalue weighted by Crippen LogP contribution is 2.22. The lowest BCUT2D eigenvalue weighted by atomic mass is 10.1. The zero-order chi connectivity index (χ0) is 15.8. The minimum absolute atomic E-state index is 0.0129. The van der Waals surface area contributed by atoms with Gasteiger partial charge in [0.25, 0.3) is 0 Å². The first-order valence-electron chi connectivity index (χ1n) is 6.37. The second-order valence-corrected chi connectivity index (χ2v) is 5.43. The number of carboxylic acids is 1. The number of carboxylic acid groups (broad SMARTS) is 1. The molecule has 0 saturated heterocycles. The van der Waals surface area contributed by atoms with E-state index in [0.717, 1.165) is 4.88 Å². The third-order valence-electron chi connectivity index (χ3n) is 2.69. The number of hydrogen-bond acceptors (Lipinski definition) is 4. The highest BCUT2D eigenvalue weighted by molar-refractivity contribution is 7.10. The largest absolute Gasteiger partial charge is 0.480 e. The molecule has 0 fully saturated rings. The van der Waals surface area contributed by atoms with Crippen molar-refractivity contribution in [1.29, 1.82) is 0 Å². The van der Waals surface area contributed by atoms with E-state index in [1.165, 1.54) is 24.3 Å². The fraction of sp³-hybridized carbons (Fsp3) is 0.357. The van der Waals surface area contributed by atoms with E-state index in [1.54, 1.807) is 0 Å². The van der Waals surface area contributed by atoms with Gasteiger partial charge in [-0.2, -0.15) is 0 Å². The van der Waals surface area contributed by atoms with Gasteiger partial charge >= 0.3 is 5.97 Å². The van der Waals surface area contributed by atoms with Gasteiger partial charge in [0, 0.05) is 11.8 Å². The summed E-state index contributed by atoms with van der Waals surface area (Å²) in [7, 11) is 0. The number of aliphatic carboxylic acids is 1. The van der Waals surface area contributed by atoms with Crippen molar-refractivity contribution in [3.8, 4) is 0 Å². The van der Waals surface area contributed by atoms with Crippen LogP contribution in [-0.2, 0) is 14.4 Å². The van der Waals surface area contributed by atoms with Gasteiger partial charge in [-0.05, 0) is 17.9 Å². The first-order valence-corrected chi connectivity index (χ1v) is 7.25. The van der Waals surface area contributed by atoms with Gasteiger partial charge in [-0.25, -0.2) is 4.79 Å². The summed E-state index contributed by atoms with van der Waals surface area (Å²) in [5.41, 5.74) is 0. The number of thiophene rings is 1. The molecule has 3 N–H and O–H groups in total. The van der Waals surface area contributed by atoms with Gasteiger partial charge < -0.3 is 15.7 Å². The van der Waals surface area contributed by atoms with E-state index >= 15 is 0 Å². The number of amides is 2. The van der Waals surface area contributed by atoms with Crippen LogP contribution in [0.5, 0.6) is 0 Å². The van der Waals surface area contributed by atoms with Crippen LogP contribution in [0.1, 0.15) is 30.7 Å². The average molecular weight is 310 g/mol. The molecular formula is C14H18N2O4S. The predicted octanol–water partition coefficient (Wildman–Crippen LogP) is 1.46. The molecule has 1 heterocycles. The molecule has 1 aromatic heterocycles. The molecule has 21 heavy (non-hydrogen) atoms. The number of nitrogens with one attached hydrogen (secondary N) is 2. The van der Waals surface area contributed by atoms with E-state index in [0.29, 0.717) is 0 Å². The van der Waals surface area contributed by atoms with Crippen molar-refractivity contribution in [1.82, 2.24) is 10.6 Å². The van der Waals surface area contributed by atoms with E-state index in [2.05, 4.69) is 17.2 Å². The summed E-state index contributed by atoms with van der Waals surface area (Å²) in [4.78, 5) is 35.0. The SMILES string of the molecule is C=CCC(NC(=O)CC(NC(C)=O)c1cccs1)C(=O)O. The quantitative estimate of drug-likeness (QED) is 0.633. The van der Waals surface area contributed by atoms with Crippen LogP contribution in [-0.4, -0.2) is 28.9 Å². The lowest BCUT2D eigenvalue weighted by molar-refractivity contribution is -0.141. The minimum atomic E-state index is -1.12. The van der Waals surface area contributed by atoms with Crippen molar-refractivity contribution in [3.63, 3.8) is 0 Å². The molecule has 6 nitrogen and oxygen atoms in total. The van der Waals surface area contributed by atoms with E-state index in [-0.39, 0.29) is 18.7 Å². The van der Waals surface area contributed by atoms with Crippen LogP contribution in [0.2, 0.25) is 0 Å². The molecule has 0 spiro atoms. The first kappa shape index (κ1) is 16.9. The molecule has 2 amide bonds. The summed E-state index contributed by atoms with van der Waals surface area (Å²) >= 11 is 1.42. The smallest absolute Gasteiger partial charge is 0.326 e. The van der Waals surface area contributed by atoms with Crippen molar-refractivity contribution in [2.24, 2.45) is 0 Å². The molecule has 7 heteroatoms. The lowest BCUT2D eigenvalue weighted by Crippen LogP contribution is -2.42. The van der Waals surface area contributed by atoms with Crippen LogP contribution in [0.3, 0.4) is 0 Å². The van der Waals surface area contributed by atoms with Crippen molar-refractivity contribution < 1.29 is 19.5 Å². The van der Waals surface area contributed by atoms with Crippen LogP contribution < -0.4 is 10.6 Å². The Morgan fingerprint density at radius 1 is 1.43 bits per heavy atom. The fourth-order valence-electron chi connectivity index (χ4n) is 1.78. The molecule has 2 unspecified atom stereocenters. The number of hydrogen-bond donors (Lipinski definition) is 3. The van der Waals surface area contributed by atoms with Crippen molar-refractivity contribution in [3.05, 3.63) is 35.0 Å². The molecule has 0 bridgehead atoms. The zero-order valence-electron chi connectivity index (χ0n) is 11.7. The standard InChI is InChI=1S/C14H18N2O4S/c1-3-5-10(14(19)20)16-13(18)8-11(15-9(2)17)12-6-4-7-21-12/h3-4,6-7,10-11H,1,5,8H2,2H3,(H,15,17)(H,16,18)(H,19,20). The highest BCUT2D eigenvalue weighted by Gasteiger charge is 2.22. The van der Waals surface area contributed by atoms with Gasteiger partial charge in [-0.15, -0.1) is 17.9 Å². The van der Waals surface area contributed by atoms with Crippen LogP contribution in [0.4, 0.5) is 0 Å². The van der Waals surface area contributed by atoms with Crippen LogP contribution in [0, 0.1) is 0 Å². The van der Waals surface area contributed by atoms with Gasteiger partial charge in [-0.3, -0.25) is 9.59 Å². The van der Waals surface area contributed by atoms with E-state index in [9.17, 15) is 14.4 Å². The Hall–Kier alpha value is -2.15. The number of carbonyl (C=O) groups is 3. The molecular weight excluding hydrogens is 292 g/mol.